The molecule has 1 rings (SSSR count). The molecule has 0 radical (unpaired) electrons. The summed E-state index contributed by atoms with van der Waals surface area (Å²) in [5, 5.41) is 0. The highest BCUT2D eigenvalue weighted by atomic mass is 14.5. The summed E-state index contributed by atoms with van der Waals surface area (Å²) in [4.78, 5) is 0. The van der Waals surface area contributed by atoms with Crippen molar-refractivity contribution >= 4 is 11.8 Å². The zero-order valence-electron chi connectivity index (χ0n) is 8.33. The van der Waals surface area contributed by atoms with Crippen LogP contribution in [-0.2, 0) is 0 Å². The third-order valence-electron chi connectivity index (χ3n) is 1.90. The van der Waals surface area contributed by atoms with E-state index in [2.05, 4.69) is 26.0 Å². The van der Waals surface area contributed by atoms with E-state index < -0.39 is 0 Å². The lowest BCUT2D eigenvalue weighted by Crippen LogP contribution is -1.88. The third-order valence-corrected chi connectivity index (χ3v) is 1.90. The molecule has 1 aromatic carbocycles. The van der Waals surface area contributed by atoms with Gasteiger partial charge in [-0.3, -0.25) is 0 Å². The standard InChI is InChI=1S/C12H17N/c1-10(2)6-5-8-11-7-3-4-9-12(11)13/h3-5,7-10H,6,13H2,1-2H3. The molecule has 0 saturated carbocycles. The predicted octanol–water partition coefficient (Wildman–Crippen LogP) is 3.33. The minimum atomic E-state index is 0.709. The van der Waals surface area contributed by atoms with Gasteiger partial charge in [0, 0.05) is 5.69 Å². The maximum Gasteiger partial charge on any atom is 0.0387 e. The van der Waals surface area contributed by atoms with Crippen LogP contribution in [0.15, 0.2) is 30.3 Å². The molecular formula is C12H17N. The molecule has 0 spiro atoms. The van der Waals surface area contributed by atoms with Gasteiger partial charge in [-0.05, 0) is 24.0 Å². The van der Waals surface area contributed by atoms with Crippen molar-refractivity contribution in [1.29, 1.82) is 0 Å². The van der Waals surface area contributed by atoms with E-state index in [1.54, 1.807) is 0 Å². The summed E-state index contributed by atoms with van der Waals surface area (Å²) in [7, 11) is 0. The van der Waals surface area contributed by atoms with Gasteiger partial charge in [0.05, 0.1) is 0 Å². The largest absolute Gasteiger partial charge is 0.398 e. The molecular weight excluding hydrogens is 158 g/mol. The van der Waals surface area contributed by atoms with Crippen LogP contribution in [-0.4, -0.2) is 0 Å². The van der Waals surface area contributed by atoms with E-state index in [1.807, 2.05) is 24.3 Å². The molecule has 1 nitrogen and oxygen atoms in total. The number of allylic oxidation sites excluding steroid dienone is 1. The Kier molecular flexibility index (Phi) is 3.56. The average molecular weight is 175 g/mol. The van der Waals surface area contributed by atoms with Crippen molar-refractivity contribution in [3.8, 4) is 0 Å². The van der Waals surface area contributed by atoms with Crippen molar-refractivity contribution in [2.45, 2.75) is 20.3 Å². The van der Waals surface area contributed by atoms with Crippen LogP contribution in [0.1, 0.15) is 25.8 Å². The molecule has 0 amide bonds. The molecule has 0 fully saturated rings. The van der Waals surface area contributed by atoms with Gasteiger partial charge in [0.15, 0.2) is 0 Å². The Balaban J connectivity index is 2.63. The zero-order chi connectivity index (χ0) is 9.68. The van der Waals surface area contributed by atoms with Gasteiger partial charge in [-0.2, -0.15) is 0 Å². The molecule has 0 aliphatic carbocycles. The van der Waals surface area contributed by atoms with Crippen molar-refractivity contribution in [2.24, 2.45) is 5.92 Å². The van der Waals surface area contributed by atoms with Crippen molar-refractivity contribution in [1.82, 2.24) is 0 Å². The number of benzene rings is 1. The molecule has 1 heteroatoms. The van der Waals surface area contributed by atoms with Gasteiger partial charge in [-0.15, -0.1) is 0 Å². The van der Waals surface area contributed by atoms with E-state index in [1.165, 1.54) is 0 Å². The van der Waals surface area contributed by atoms with Crippen molar-refractivity contribution in [3.63, 3.8) is 0 Å². The quantitative estimate of drug-likeness (QED) is 0.701. The average Bonchev–Trinajstić information content (AvgIpc) is 2.08. The Morgan fingerprint density at radius 2 is 2.00 bits per heavy atom. The van der Waals surface area contributed by atoms with Gasteiger partial charge in [-0.25, -0.2) is 0 Å². The normalized spacial score (nSPS) is 11.3. The summed E-state index contributed by atoms with van der Waals surface area (Å²) in [5.41, 5.74) is 7.75. The van der Waals surface area contributed by atoms with Gasteiger partial charge < -0.3 is 5.73 Å². The Labute approximate surface area is 80.3 Å². The summed E-state index contributed by atoms with van der Waals surface area (Å²) < 4.78 is 0. The van der Waals surface area contributed by atoms with Crippen molar-refractivity contribution in [3.05, 3.63) is 35.9 Å². The van der Waals surface area contributed by atoms with Crippen LogP contribution in [0, 0.1) is 5.92 Å². The van der Waals surface area contributed by atoms with Gasteiger partial charge in [-0.1, -0.05) is 44.2 Å². The molecule has 0 aliphatic heterocycles. The number of para-hydroxylation sites is 1. The molecule has 0 unspecified atom stereocenters. The minimum absolute atomic E-state index is 0.709. The summed E-state index contributed by atoms with van der Waals surface area (Å²) >= 11 is 0. The second kappa shape index (κ2) is 4.70. The number of nitrogen functional groups attached to an aromatic ring is 1. The molecule has 2 N–H and O–H groups in total. The summed E-state index contributed by atoms with van der Waals surface area (Å²) in [5.74, 6) is 0.709. The highest BCUT2D eigenvalue weighted by Crippen LogP contribution is 2.13. The molecule has 0 heterocycles. The van der Waals surface area contributed by atoms with Crippen molar-refractivity contribution in [2.75, 3.05) is 5.73 Å². The molecule has 70 valence electrons. The number of hydrogen-bond acceptors (Lipinski definition) is 1. The number of anilines is 1. The monoisotopic (exact) mass is 175 g/mol. The van der Waals surface area contributed by atoms with Crippen LogP contribution in [0.5, 0.6) is 0 Å². The Bertz CT molecular complexity index is 287. The Morgan fingerprint density at radius 1 is 1.31 bits per heavy atom. The lowest BCUT2D eigenvalue weighted by molar-refractivity contribution is 0.665. The van der Waals surface area contributed by atoms with Crippen LogP contribution < -0.4 is 5.73 Å². The van der Waals surface area contributed by atoms with E-state index >= 15 is 0 Å². The minimum Gasteiger partial charge on any atom is -0.398 e. The highest BCUT2D eigenvalue weighted by molar-refractivity contribution is 5.63. The smallest absolute Gasteiger partial charge is 0.0387 e. The topological polar surface area (TPSA) is 26.0 Å². The molecule has 0 atom stereocenters. The van der Waals surface area contributed by atoms with Gasteiger partial charge in [0.1, 0.15) is 0 Å². The fourth-order valence-corrected chi connectivity index (χ4v) is 1.13. The van der Waals surface area contributed by atoms with Crippen LogP contribution in [0.25, 0.3) is 6.08 Å². The predicted molar refractivity (Wildman–Crippen MR) is 59.3 cm³/mol. The Morgan fingerprint density at radius 3 is 2.62 bits per heavy atom. The van der Waals surface area contributed by atoms with E-state index in [0.29, 0.717) is 5.92 Å². The maximum atomic E-state index is 5.79. The first-order valence-electron chi connectivity index (χ1n) is 4.71. The second-order valence-electron chi connectivity index (χ2n) is 3.66. The SMILES string of the molecule is CC(C)CC=Cc1ccccc1N. The molecule has 0 aromatic heterocycles. The van der Waals surface area contributed by atoms with E-state index in [0.717, 1.165) is 17.7 Å². The van der Waals surface area contributed by atoms with E-state index in [4.69, 9.17) is 5.73 Å². The van der Waals surface area contributed by atoms with Gasteiger partial charge >= 0.3 is 0 Å². The highest BCUT2D eigenvalue weighted by Gasteiger charge is 1.92. The first-order chi connectivity index (χ1) is 6.20. The van der Waals surface area contributed by atoms with Crippen LogP contribution in [0.2, 0.25) is 0 Å². The van der Waals surface area contributed by atoms with Gasteiger partial charge in [0.25, 0.3) is 0 Å². The Hall–Kier alpha value is -1.24. The fourth-order valence-electron chi connectivity index (χ4n) is 1.13. The lowest BCUT2D eigenvalue weighted by atomic mass is 10.1. The third kappa shape index (κ3) is 3.32. The number of hydrogen-bond donors (Lipinski definition) is 1. The first-order valence-corrected chi connectivity index (χ1v) is 4.71. The van der Waals surface area contributed by atoms with Crippen LogP contribution in [0.3, 0.4) is 0 Å². The van der Waals surface area contributed by atoms with Crippen LogP contribution >= 0.6 is 0 Å². The fraction of sp³-hybridized carbons (Fsp3) is 0.333. The number of rotatable bonds is 3. The molecule has 13 heavy (non-hydrogen) atoms. The lowest BCUT2D eigenvalue weighted by Gasteiger charge is -2.00. The molecule has 1 aromatic rings. The second-order valence-corrected chi connectivity index (χ2v) is 3.66. The van der Waals surface area contributed by atoms with Gasteiger partial charge in [0.2, 0.25) is 0 Å². The summed E-state index contributed by atoms with van der Waals surface area (Å²) in [6, 6.07) is 7.92. The molecule has 0 aliphatic rings. The van der Waals surface area contributed by atoms with E-state index in [-0.39, 0.29) is 0 Å². The molecule has 0 saturated heterocycles. The first kappa shape index (κ1) is 9.85. The zero-order valence-corrected chi connectivity index (χ0v) is 8.33. The number of nitrogens with two attached hydrogens (primary N) is 1. The van der Waals surface area contributed by atoms with E-state index in [9.17, 15) is 0 Å². The van der Waals surface area contributed by atoms with Crippen LogP contribution in [0.4, 0.5) is 5.69 Å². The summed E-state index contributed by atoms with van der Waals surface area (Å²) in [6.45, 7) is 4.41. The molecule has 0 bridgehead atoms. The van der Waals surface area contributed by atoms with Crippen molar-refractivity contribution < 1.29 is 0 Å². The summed E-state index contributed by atoms with van der Waals surface area (Å²) in [6.07, 6.45) is 5.38. The maximum absolute atomic E-state index is 5.79.